The van der Waals surface area contributed by atoms with E-state index in [0.717, 1.165) is 0 Å². The van der Waals surface area contributed by atoms with Gasteiger partial charge in [0.2, 0.25) is 0 Å². The molecule has 1 atom stereocenters. The minimum Gasteiger partial charge on any atom is -0.465 e. The van der Waals surface area contributed by atoms with Gasteiger partial charge in [-0.3, -0.25) is 10.1 Å². The largest absolute Gasteiger partial charge is 0.465 e. The summed E-state index contributed by atoms with van der Waals surface area (Å²) in [5.74, 6) is 0.212. The monoisotopic (exact) mass is 362 g/mol. The zero-order valence-electron chi connectivity index (χ0n) is 14.5. The second-order valence-corrected chi connectivity index (χ2v) is 6.78. The maximum absolute atomic E-state index is 13.0. The molecule has 0 saturated carbocycles. The van der Waals surface area contributed by atoms with Gasteiger partial charge >= 0.3 is 6.09 Å². The average Bonchev–Trinajstić information content (AvgIpc) is 2.53. The highest BCUT2D eigenvalue weighted by Gasteiger charge is 2.33. The molecular formula is C18H19FN2O5. The molecule has 2 aromatic carbocycles. The Balaban J connectivity index is 2.48. The van der Waals surface area contributed by atoms with E-state index in [1.807, 2.05) is 0 Å². The molecule has 7 nitrogen and oxygen atoms in total. The number of nitrogens with zero attached hydrogens (tertiary/aromatic N) is 1. The molecule has 26 heavy (non-hydrogen) atoms. The Morgan fingerprint density at radius 3 is 2.27 bits per heavy atom. The van der Waals surface area contributed by atoms with Crippen LogP contribution < -0.4 is 10.1 Å². The van der Waals surface area contributed by atoms with Crippen LogP contribution in [0.2, 0.25) is 0 Å². The Morgan fingerprint density at radius 1 is 1.19 bits per heavy atom. The molecule has 0 aromatic heterocycles. The Hall–Kier alpha value is -3.16. The van der Waals surface area contributed by atoms with Crippen LogP contribution in [-0.2, 0) is 0 Å². The molecule has 2 N–H and O–H groups in total. The van der Waals surface area contributed by atoms with Crippen molar-refractivity contribution in [1.82, 2.24) is 5.32 Å². The van der Waals surface area contributed by atoms with E-state index in [2.05, 4.69) is 5.32 Å². The number of nitrogens with one attached hydrogen (secondary N) is 1. The lowest BCUT2D eigenvalue weighted by atomic mass is 9.81. The molecule has 0 saturated heterocycles. The van der Waals surface area contributed by atoms with Gasteiger partial charge in [0.25, 0.3) is 5.69 Å². The first-order valence-electron chi connectivity index (χ1n) is 7.79. The molecule has 0 bridgehead atoms. The summed E-state index contributed by atoms with van der Waals surface area (Å²) in [6, 6.07) is 8.56. The number of carbonyl (C=O) groups is 1. The fourth-order valence-electron chi connectivity index (χ4n) is 2.52. The number of rotatable bonds is 5. The normalized spacial score (nSPS) is 12.3. The van der Waals surface area contributed by atoms with Crippen LogP contribution in [0.5, 0.6) is 11.5 Å². The molecule has 0 aliphatic carbocycles. The lowest BCUT2D eigenvalue weighted by molar-refractivity contribution is -0.386. The molecule has 0 spiro atoms. The third kappa shape index (κ3) is 4.69. The van der Waals surface area contributed by atoms with Crippen molar-refractivity contribution in [2.75, 3.05) is 0 Å². The number of benzene rings is 2. The van der Waals surface area contributed by atoms with Gasteiger partial charge in [0, 0.05) is 6.07 Å². The molecule has 1 unspecified atom stereocenters. The first-order valence-corrected chi connectivity index (χ1v) is 7.79. The molecule has 0 aliphatic heterocycles. The van der Waals surface area contributed by atoms with E-state index in [4.69, 9.17) is 9.84 Å². The fraction of sp³-hybridized carbons (Fsp3) is 0.278. The van der Waals surface area contributed by atoms with Gasteiger partial charge in [0.15, 0.2) is 0 Å². The van der Waals surface area contributed by atoms with Gasteiger partial charge in [-0.1, -0.05) is 20.8 Å². The zero-order chi connectivity index (χ0) is 19.5. The summed E-state index contributed by atoms with van der Waals surface area (Å²) in [5.41, 5.74) is -0.660. The van der Waals surface area contributed by atoms with Crippen molar-refractivity contribution < 1.29 is 24.0 Å². The summed E-state index contributed by atoms with van der Waals surface area (Å²) >= 11 is 0. The van der Waals surface area contributed by atoms with Crippen molar-refractivity contribution in [3.63, 3.8) is 0 Å². The molecule has 0 aliphatic rings. The van der Waals surface area contributed by atoms with E-state index >= 15 is 0 Å². The minimum absolute atomic E-state index is 0.185. The maximum Gasteiger partial charge on any atom is 0.405 e. The van der Waals surface area contributed by atoms with Crippen molar-refractivity contribution in [2.24, 2.45) is 5.41 Å². The minimum atomic E-state index is -1.29. The van der Waals surface area contributed by atoms with E-state index in [-0.39, 0.29) is 17.0 Å². The molecule has 0 heterocycles. The van der Waals surface area contributed by atoms with Crippen LogP contribution in [0, 0.1) is 21.3 Å². The van der Waals surface area contributed by atoms with Crippen LogP contribution >= 0.6 is 0 Å². The number of hydrogen-bond acceptors (Lipinski definition) is 4. The van der Waals surface area contributed by atoms with Crippen molar-refractivity contribution in [3.8, 4) is 11.5 Å². The van der Waals surface area contributed by atoms with E-state index in [0.29, 0.717) is 5.75 Å². The molecule has 138 valence electrons. The van der Waals surface area contributed by atoms with Gasteiger partial charge in [-0.15, -0.1) is 0 Å². The van der Waals surface area contributed by atoms with Crippen LogP contribution in [0.4, 0.5) is 14.9 Å². The number of hydrogen-bond donors (Lipinski definition) is 2. The van der Waals surface area contributed by atoms with Gasteiger partial charge in [-0.2, -0.15) is 0 Å². The number of carboxylic acid groups (broad SMARTS) is 1. The van der Waals surface area contributed by atoms with Crippen molar-refractivity contribution in [2.45, 2.75) is 26.8 Å². The van der Waals surface area contributed by atoms with Crippen molar-refractivity contribution in [3.05, 3.63) is 64.0 Å². The first kappa shape index (κ1) is 19.2. The predicted octanol–water partition coefficient (Wildman–Crippen LogP) is 4.88. The molecule has 0 radical (unpaired) electrons. The predicted molar refractivity (Wildman–Crippen MR) is 92.9 cm³/mol. The summed E-state index contributed by atoms with van der Waals surface area (Å²) in [5, 5.41) is 22.9. The molecule has 2 aromatic rings. The number of nitro benzene ring substituents is 1. The smallest absolute Gasteiger partial charge is 0.405 e. The van der Waals surface area contributed by atoms with Crippen LogP contribution in [0.1, 0.15) is 32.4 Å². The quantitative estimate of drug-likeness (QED) is 0.583. The second kappa shape index (κ2) is 7.38. The van der Waals surface area contributed by atoms with Crippen LogP contribution in [0.15, 0.2) is 42.5 Å². The third-order valence-corrected chi connectivity index (χ3v) is 3.69. The summed E-state index contributed by atoms with van der Waals surface area (Å²) < 4.78 is 18.6. The Kier molecular flexibility index (Phi) is 5.44. The van der Waals surface area contributed by atoms with E-state index in [1.165, 1.54) is 42.5 Å². The second-order valence-electron chi connectivity index (χ2n) is 6.78. The summed E-state index contributed by atoms with van der Waals surface area (Å²) in [7, 11) is 0. The molecule has 0 fully saturated rings. The zero-order valence-corrected chi connectivity index (χ0v) is 14.5. The van der Waals surface area contributed by atoms with E-state index in [9.17, 15) is 19.3 Å². The Bertz CT molecular complexity index is 815. The standard InChI is InChI=1S/C18H19FN2O5/c1-18(2,3)16(20-17(22)23)14-10-13(8-9-15(14)21(24)25)26-12-6-4-11(19)5-7-12/h4-10,16,20H,1-3H3,(H,22,23). The van der Waals surface area contributed by atoms with Crippen molar-refractivity contribution >= 4 is 11.8 Å². The van der Waals surface area contributed by atoms with Gasteiger partial charge in [0.05, 0.1) is 16.5 Å². The summed E-state index contributed by atoms with van der Waals surface area (Å²) in [6.45, 7) is 5.31. The Labute approximate surface area is 149 Å². The molecule has 1 amide bonds. The van der Waals surface area contributed by atoms with Gasteiger partial charge in [0.1, 0.15) is 17.3 Å². The highest BCUT2D eigenvalue weighted by atomic mass is 19.1. The van der Waals surface area contributed by atoms with E-state index in [1.54, 1.807) is 20.8 Å². The maximum atomic E-state index is 13.0. The molecule has 8 heteroatoms. The lowest BCUT2D eigenvalue weighted by Crippen LogP contribution is -2.36. The topological polar surface area (TPSA) is 102 Å². The number of nitro groups is 1. The first-order chi connectivity index (χ1) is 12.1. The SMILES string of the molecule is CC(C)(C)C(NC(=O)O)c1cc(Oc2ccc(F)cc2)ccc1[N+](=O)[O-]. The highest BCUT2D eigenvalue weighted by molar-refractivity contribution is 5.66. The third-order valence-electron chi connectivity index (χ3n) is 3.69. The van der Waals surface area contributed by atoms with Gasteiger partial charge in [-0.25, -0.2) is 9.18 Å². The molecule has 2 rings (SSSR count). The van der Waals surface area contributed by atoms with Crippen LogP contribution in [-0.4, -0.2) is 16.1 Å². The van der Waals surface area contributed by atoms with Crippen molar-refractivity contribution in [1.29, 1.82) is 0 Å². The van der Waals surface area contributed by atoms with Gasteiger partial charge < -0.3 is 15.2 Å². The van der Waals surface area contributed by atoms with Crippen LogP contribution in [0.25, 0.3) is 0 Å². The summed E-state index contributed by atoms with van der Waals surface area (Å²) in [6.07, 6.45) is -1.29. The summed E-state index contributed by atoms with van der Waals surface area (Å²) in [4.78, 5) is 22.0. The van der Waals surface area contributed by atoms with Crippen LogP contribution in [0.3, 0.4) is 0 Å². The van der Waals surface area contributed by atoms with Gasteiger partial charge in [-0.05, 0) is 41.8 Å². The fourth-order valence-corrected chi connectivity index (χ4v) is 2.52. The number of amides is 1. The average molecular weight is 362 g/mol. The highest BCUT2D eigenvalue weighted by Crippen LogP contribution is 2.39. The number of ether oxygens (including phenoxy) is 1. The van der Waals surface area contributed by atoms with E-state index < -0.39 is 28.3 Å². The lowest BCUT2D eigenvalue weighted by Gasteiger charge is -2.30. The Morgan fingerprint density at radius 2 is 1.77 bits per heavy atom. The molecular weight excluding hydrogens is 343 g/mol. The number of halogens is 1.